The van der Waals surface area contributed by atoms with Gasteiger partial charge in [0, 0.05) is 0 Å². The Morgan fingerprint density at radius 1 is 1.40 bits per heavy atom. The molecule has 2 rings (SSSR count). The predicted molar refractivity (Wildman–Crippen MR) is 77.8 cm³/mol. The first-order chi connectivity index (χ1) is 9.59. The van der Waals surface area contributed by atoms with E-state index in [-0.39, 0.29) is 17.9 Å². The van der Waals surface area contributed by atoms with Crippen molar-refractivity contribution in [2.75, 3.05) is 0 Å². The van der Waals surface area contributed by atoms with Gasteiger partial charge in [0.05, 0.1) is 6.04 Å². The topological polar surface area (TPSA) is 49.4 Å². The zero-order chi connectivity index (χ0) is 14.8. The molecule has 1 aliphatic heterocycles. The molecule has 20 heavy (non-hydrogen) atoms. The first-order valence-corrected chi connectivity index (χ1v) is 7.70. The van der Waals surface area contributed by atoms with E-state index < -0.39 is 11.6 Å². The molecule has 4 heteroatoms. The third-order valence-corrected chi connectivity index (χ3v) is 4.58. The molecular weight excluding hydrogens is 252 g/mol. The highest BCUT2D eigenvalue weighted by atomic mass is 16.2. The van der Waals surface area contributed by atoms with Crippen molar-refractivity contribution in [2.45, 2.75) is 76.4 Å². The highest BCUT2D eigenvalue weighted by Crippen LogP contribution is 2.36. The molecule has 1 saturated heterocycles. The summed E-state index contributed by atoms with van der Waals surface area (Å²) in [6, 6.07) is -0.678. The molecule has 2 amide bonds. The number of rotatable bonds is 4. The second kappa shape index (κ2) is 5.87. The van der Waals surface area contributed by atoms with E-state index in [0.29, 0.717) is 6.42 Å². The molecule has 2 aliphatic rings. The molecule has 0 radical (unpaired) electrons. The van der Waals surface area contributed by atoms with Gasteiger partial charge < -0.3 is 10.2 Å². The molecule has 0 aromatic heterocycles. The maximum Gasteiger partial charge on any atom is 0.250 e. The van der Waals surface area contributed by atoms with Gasteiger partial charge in [0.15, 0.2) is 0 Å². The van der Waals surface area contributed by atoms with E-state index in [4.69, 9.17) is 6.42 Å². The highest BCUT2D eigenvalue weighted by molar-refractivity contribution is 6.00. The van der Waals surface area contributed by atoms with Crippen LogP contribution in [-0.2, 0) is 9.59 Å². The molecular formula is C16H24N2O2. The quantitative estimate of drug-likeness (QED) is 0.797. The highest BCUT2D eigenvalue weighted by Gasteiger charge is 2.52. The molecule has 1 heterocycles. The number of piperazine rings is 1. The summed E-state index contributed by atoms with van der Waals surface area (Å²) < 4.78 is 0. The lowest BCUT2D eigenvalue weighted by molar-refractivity contribution is -0.156. The summed E-state index contributed by atoms with van der Waals surface area (Å²) in [6.45, 7) is 3.97. The van der Waals surface area contributed by atoms with Gasteiger partial charge in [0.2, 0.25) is 11.8 Å². The van der Waals surface area contributed by atoms with Crippen LogP contribution in [-0.4, -0.2) is 34.3 Å². The molecule has 4 nitrogen and oxygen atoms in total. The summed E-state index contributed by atoms with van der Waals surface area (Å²) in [5, 5.41) is 2.99. The molecule has 0 aromatic rings. The second-order valence-electron chi connectivity index (χ2n) is 5.89. The molecule has 1 saturated carbocycles. The third-order valence-electron chi connectivity index (χ3n) is 4.58. The Balaban J connectivity index is 2.35. The van der Waals surface area contributed by atoms with Crippen LogP contribution in [0.4, 0.5) is 0 Å². The molecule has 2 fully saturated rings. The van der Waals surface area contributed by atoms with Crippen LogP contribution in [0.15, 0.2) is 0 Å². The van der Waals surface area contributed by atoms with Crippen LogP contribution in [0.25, 0.3) is 0 Å². The monoisotopic (exact) mass is 276 g/mol. The Morgan fingerprint density at radius 3 is 2.55 bits per heavy atom. The smallest absolute Gasteiger partial charge is 0.250 e. The number of nitrogens with one attached hydrogen (secondary N) is 1. The van der Waals surface area contributed by atoms with Crippen molar-refractivity contribution in [3.8, 4) is 12.3 Å². The lowest BCUT2D eigenvalue weighted by atomic mass is 9.88. The van der Waals surface area contributed by atoms with Gasteiger partial charge in [0.1, 0.15) is 11.6 Å². The van der Waals surface area contributed by atoms with E-state index in [0.717, 1.165) is 38.5 Å². The van der Waals surface area contributed by atoms with E-state index in [2.05, 4.69) is 11.2 Å². The SMILES string of the molecule is C#CC(CCC)N1C(=O)C2(CCCC2)NC(=O)C1CC. The molecule has 1 aliphatic carbocycles. The van der Waals surface area contributed by atoms with Crippen molar-refractivity contribution in [1.82, 2.24) is 10.2 Å². The van der Waals surface area contributed by atoms with Gasteiger partial charge in [-0.1, -0.05) is 39.0 Å². The first-order valence-electron chi connectivity index (χ1n) is 7.70. The fourth-order valence-corrected chi connectivity index (χ4v) is 3.52. The average molecular weight is 276 g/mol. The minimum Gasteiger partial charge on any atom is -0.340 e. The summed E-state index contributed by atoms with van der Waals surface area (Å²) in [6.07, 6.45) is 11.4. The molecule has 0 bridgehead atoms. The fraction of sp³-hybridized carbons (Fsp3) is 0.750. The second-order valence-corrected chi connectivity index (χ2v) is 5.89. The summed E-state index contributed by atoms with van der Waals surface area (Å²) in [5.74, 6) is 2.72. The fourth-order valence-electron chi connectivity index (χ4n) is 3.52. The summed E-state index contributed by atoms with van der Waals surface area (Å²) in [4.78, 5) is 27.1. The average Bonchev–Trinajstić information content (AvgIpc) is 2.90. The van der Waals surface area contributed by atoms with Gasteiger partial charge in [-0.25, -0.2) is 0 Å². The summed E-state index contributed by atoms with van der Waals surface area (Å²) in [7, 11) is 0. The summed E-state index contributed by atoms with van der Waals surface area (Å²) in [5.41, 5.74) is -0.675. The Morgan fingerprint density at radius 2 is 2.05 bits per heavy atom. The number of carbonyl (C=O) groups is 2. The van der Waals surface area contributed by atoms with Crippen molar-refractivity contribution in [1.29, 1.82) is 0 Å². The van der Waals surface area contributed by atoms with Gasteiger partial charge in [-0.15, -0.1) is 6.42 Å². The predicted octanol–water partition coefficient (Wildman–Crippen LogP) is 1.84. The largest absolute Gasteiger partial charge is 0.340 e. The van der Waals surface area contributed by atoms with Crippen LogP contribution >= 0.6 is 0 Å². The van der Waals surface area contributed by atoms with Crippen molar-refractivity contribution in [3.63, 3.8) is 0 Å². The first kappa shape index (κ1) is 14.9. The van der Waals surface area contributed by atoms with E-state index >= 15 is 0 Å². The lowest BCUT2D eigenvalue weighted by Crippen LogP contribution is -2.71. The lowest BCUT2D eigenvalue weighted by Gasteiger charge is -2.46. The van der Waals surface area contributed by atoms with Gasteiger partial charge in [-0.05, 0) is 25.7 Å². The van der Waals surface area contributed by atoms with Gasteiger partial charge >= 0.3 is 0 Å². The molecule has 0 aromatic carbocycles. The molecule has 1 N–H and O–H groups in total. The van der Waals surface area contributed by atoms with Crippen molar-refractivity contribution in [2.24, 2.45) is 0 Å². The number of hydrogen-bond donors (Lipinski definition) is 1. The third kappa shape index (κ3) is 2.30. The zero-order valence-electron chi connectivity index (χ0n) is 12.4. The molecule has 1 spiro atoms. The molecule has 110 valence electrons. The number of hydrogen-bond acceptors (Lipinski definition) is 2. The number of carbonyl (C=O) groups excluding carboxylic acids is 2. The normalized spacial score (nSPS) is 26.4. The van der Waals surface area contributed by atoms with E-state index in [1.54, 1.807) is 4.90 Å². The van der Waals surface area contributed by atoms with Crippen LogP contribution in [0.2, 0.25) is 0 Å². The number of terminal acetylenes is 1. The Kier molecular flexibility index (Phi) is 4.37. The van der Waals surface area contributed by atoms with Crippen LogP contribution in [0.3, 0.4) is 0 Å². The number of nitrogens with zero attached hydrogens (tertiary/aromatic N) is 1. The van der Waals surface area contributed by atoms with Crippen molar-refractivity contribution < 1.29 is 9.59 Å². The van der Waals surface area contributed by atoms with Crippen molar-refractivity contribution >= 4 is 11.8 Å². The maximum atomic E-state index is 13.0. The minimum atomic E-state index is -0.675. The Bertz CT molecular complexity index is 432. The van der Waals surface area contributed by atoms with Crippen molar-refractivity contribution in [3.05, 3.63) is 0 Å². The van der Waals surface area contributed by atoms with Crippen LogP contribution in [0.5, 0.6) is 0 Å². The van der Waals surface area contributed by atoms with Crippen LogP contribution < -0.4 is 5.32 Å². The van der Waals surface area contributed by atoms with Gasteiger partial charge in [-0.3, -0.25) is 9.59 Å². The van der Waals surface area contributed by atoms with Crippen LogP contribution in [0, 0.1) is 12.3 Å². The summed E-state index contributed by atoms with van der Waals surface area (Å²) >= 11 is 0. The van der Waals surface area contributed by atoms with Gasteiger partial charge in [-0.2, -0.15) is 0 Å². The Labute approximate surface area is 121 Å². The van der Waals surface area contributed by atoms with E-state index in [9.17, 15) is 9.59 Å². The standard InChI is InChI=1S/C16H24N2O2/c1-4-9-12(5-2)18-13(6-3)14(19)17-16(15(18)20)10-7-8-11-16/h2,12-13H,4,6-11H2,1,3H3,(H,17,19). The zero-order valence-corrected chi connectivity index (χ0v) is 12.4. The van der Waals surface area contributed by atoms with E-state index in [1.807, 2.05) is 13.8 Å². The van der Waals surface area contributed by atoms with Crippen LogP contribution in [0.1, 0.15) is 58.8 Å². The molecule has 2 atom stereocenters. The number of amides is 2. The van der Waals surface area contributed by atoms with E-state index in [1.165, 1.54) is 0 Å². The maximum absolute atomic E-state index is 13.0. The minimum absolute atomic E-state index is 0.0367. The Hall–Kier alpha value is -1.50. The molecule has 2 unspecified atom stereocenters. The van der Waals surface area contributed by atoms with Gasteiger partial charge in [0.25, 0.3) is 0 Å².